The molecule has 1 rings (SSSR count). The summed E-state index contributed by atoms with van der Waals surface area (Å²) in [5.74, 6) is 0.121. The zero-order valence-corrected chi connectivity index (χ0v) is 10.5. The van der Waals surface area contributed by atoms with Gasteiger partial charge in [0.25, 0.3) is 0 Å². The molecule has 0 radical (unpaired) electrons. The van der Waals surface area contributed by atoms with Crippen LogP contribution in [0.1, 0.15) is 6.42 Å². The summed E-state index contributed by atoms with van der Waals surface area (Å²) in [6.07, 6.45) is 3.57. The summed E-state index contributed by atoms with van der Waals surface area (Å²) >= 11 is 0. The van der Waals surface area contributed by atoms with Gasteiger partial charge in [-0.2, -0.15) is 0 Å². The summed E-state index contributed by atoms with van der Waals surface area (Å²) in [4.78, 5) is 16.0. The molecule has 94 valence electrons. The second-order valence-electron chi connectivity index (χ2n) is 4.37. The van der Waals surface area contributed by atoms with Crippen molar-refractivity contribution in [3.8, 4) is 0 Å². The maximum absolute atomic E-state index is 11.9. The van der Waals surface area contributed by atoms with E-state index in [1.54, 1.807) is 12.2 Å². The molecular formula is C13H21N3O. The molecule has 1 fully saturated rings. The van der Waals surface area contributed by atoms with Crippen LogP contribution in [-0.4, -0.2) is 48.9 Å². The van der Waals surface area contributed by atoms with Crippen molar-refractivity contribution in [2.45, 2.75) is 6.42 Å². The van der Waals surface area contributed by atoms with Gasteiger partial charge in [0.05, 0.1) is 6.42 Å². The summed E-state index contributed by atoms with van der Waals surface area (Å²) in [7, 11) is 2.06. The van der Waals surface area contributed by atoms with E-state index in [1.807, 2.05) is 4.90 Å². The Balaban J connectivity index is 2.44. The van der Waals surface area contributed by atoms with E-state index in [0.717, 1.165) is 31.8 Å². The number of amides is 1. The van der Waals surface area contributed by atoms with Crippen molar-refractivity contribution in [3.05, 3.63) is 36.6 Å². The third kappa shape index (κ3) is 4.44. The Kier molecular flexibility index (Phi) is 4.97. The lowest BCUT2D eigenvalue weighted by atomic mass is 10.1. The average molecular weight is 235 g/mol. The quantitative estimate of drug-likeness (QED) is 0.731. The number of carbonyl (C=O) groups excluding carboxylic acids is 1. The molecule has 0 aromatic carbocycles. The predicted octanol–water partition coefficient (Wildman–Crippen LogP) is 0.735. The van der Waals surface area contributed by atoms with Crippen LogP contribution in [-0.2, 0) is 4.79 Å². The fourth-order valence-corrected chi connectivity index (χ4v) is 1.71. The van der Waals surface area contributed by atoms with E-state index in [1.165, 1.54) is 0 Å². The zero-order valence-electron chi connectivity index (χ0n) is 10.5. The summed E-state index contributed by atoms with van der Waals surface area (Å²) in [5.41, 5.74) is 6.87. The first-order valence-corrected chi connectivity index (χ1v) is 5.76. The molecule has 4 heteroatoms. The molecule has 0 bridgehead atoms. The van der Waals surface area contributed by atoms with E-state index < -0.39 is 0 Å². The Labute approximate surface area is 103 Å². The van der Waals surface area contributed by atoms with Crippen LogP contribution in [0.4, 0.5) is 0 Å². The van der Waals surface area contributed by atoms with Gasteiger partial charge in [0, 0.05) is 31.9 Å². The Morgan fingerprint density at radius 2 is 1.94 bits per heavy atom. The fourth-order valence-electron chi connectivity index (χ4n) is 1.71. The molecule has 1 saturated heterocycles. The summed E-state index contributed by atoms with van der Waals surface area (Å²) in [6.45, 7) is 10.8. The van der Waals surface area contributed by atoms with Crippen LogP contribution in [0.15, 0.2) is 36.6 Å². The Hall–Kier alpha value is -1.55. The number of likely N-dealkylation sites (N-methyl/N-ethyl adjacent to an activating group) is 1. The molecule has 1 amide bonds. The van der Waals surface area contributed by atoms with Crippen molar-refractivity contribution in [1.82, 2.24) is 9.80 Å². The lowest BCUT2D eigenvalue weighted by Gasteiger charge is -2.32. The molecule has 2 N–H and O–H groups in total. The van der Waals surface area contributed by atoms with E-state index in [0.29, 0.717) is 12.1 Å². The molecule has 0 saturated carbocycles. The summed E-state index contributed by atoms with van der Waals surface area (Å²) in [5, 5.41) is 0. The van der Waals surface area contributed by atoms with E-state index in [2.05, 4.69) is 25.1 Å². The van der Waals surface area contributed by atoms with Crippen LogP contribution < -0.4 is 5.73 Å². The van der Waals surface area contributed by atoms with E-state index in [4.69, 9.17) is 5.73 Å². The first kappa shape index (κ1) is 13.5. The molecule has 0 aromatic rings. The van der Waals surface area contributed by atoms with E-state index in [-0.39, 0.29) is 5.91 Å². The molecule has 1 aliphatic heterocycles. The third-order valence-electron chi connectivity index (χ3n) is 2.84. The first-order valence-electron chi connectivity index (χ1n) is 5.76. The highest BCUT2D eigenvalue weighted by Crippen LogP contribution is 2.08. The van der Waals surface area contributed by atoms with Crippen LogP contribution in [0.25, 0.3) is 0 Å². The van der Waals surface area contributed by atoms with Crippen LogP contribution in [0.3, 0.4) is 0 Å². The van der Waals surface area contributed by atoms with Gasteiger partial charge in [0.15, 0.2) is 0 Å². The number of rotatable bonds is 4. The molecule has 0 unspecified atom stereocenters. The summed E-state index contributed by atoms with van der Waals surface area (Å²) in [6, 6.07) is 0. The van der Waals surface area contributed by atoms with Crippen LogP contribution in [0.2, 0.25) is 0 Å². The van der Waals surface area contributed by atoms with Gasteiger partial charge in [-0.3, -0.25) is 4.79 Å². The van der Waals surface area contributed by atoms with Crippen LogP contribution in [0.5, 0.6) is 0 Å². The average Bonchev–Trinajstić information content (AvgIpc) is 2.29. The van der Waals surface area contributed by atoms with Gasteiger partial charge in [-0.15, -0.1) is 0 Å². The van der Waals surface area contributed by atoms with Gasteiger partial charge in [-0.25, -0.2) is 0 Å². The minimum absolute atomic E-state index is 0.121. The molecule has 0 spiro atoms. The van der Waals surface area contributed by atoms with Crippen molar-refractivity contribution < 1.29 is 4.79 Å². The highest BCUT2D eigenvalue weighted by molar-refractivity contribution is 5.79. The molecular weight excluding hydrogens is 214 g/mol. The number of nitrogens with two attached hydrogens (primary N) is 1. The number of hydrogen-bond donors (Lipinski definition) is 1. The first-order chi connectivity index (χ1) is 8.02. The van der Waals surface area contributed by atoms with Gasteiger partial charge < -0.3 is 15.5 Å². The fraction of sp³-hybridized carbons (Fsp3) is 0.462. The van der Waals surface area contributed by atoms with Gasteiger partial charge in [-0.05, 0) is 24.8 Å². The number of carbonyl (C=O) groups is 1. The molecule has 0 aliphatic carbocycles. The van der Waals surface area contributed by atoms with Crippen LogP contribution in [0, 0.1) is 0 Å². The van der Waals surface area contributed by atoms with Crippen molar-refractivity contribution >= 4 is 5.91 Å². The van der Waals surface area contributed by atoms with Gasteiger partial charge in [0.2, 0.25) is 5.91 Å². The molecule has 1 heterocycles. The smallest absolute Gasteiger partial charge is 0.227 e. The van der Waals surface area contributed by atoms with Crippen molar-refractivity contribution in [1.29, 1.82) is 0 Å². The lowest BCUT2D eigenvalue weighted by molar-refractivity contribution is -0.131. The Bertz CT molecular complexity index is 339. The largest absolute Gasteiger partial charge is 0.399 e. The SMILES string of the molecule is C=C/C(N)=C\C(=C)CC(=O)N1CCN(C)CC1. The molecule has 0 atom stereocenters. The van der Waals surface area contributed by atoms with Crippen molar-refractivity contribution in [2.75, 3.05) is 33.2 Å². The number of nitrogens with zero attached hydrogens (tertiary/aromatic N) is 2. The third-order valence-corrected chi connectivity index (χ3v) is 2.84. The maximum Gasteiger partial charge on any atom is 0.227 e. The normalized spacial score (nSPS) is 17.9. The highest BCUT2D eigenvalue weighted by Gasteiger charge is 2.18. The lowest BCUT2D eigenvalue weighted by Crippen LogP contribution is -2.47. The molecule has 1 aliphatic rings. The van der Waals surface area contributed by atoms with Gasteiger partial charge in [0.1, 0.15) is 0 Å². The highest BCUT2D eigenvalue weighted by atomic mass is 16.2. The monoisotopic (exact) mass is 235 g/mol. The van der Waals surface area contributed by atoms with Crippen molar-refractivity contribution in [3.63, 3.8) is 0 Å². The minimum Gasteiger partial charge on any atom is -0.399 e. The number of piperazine rings is 1. The number of hydrogen-bond acceptors (Lipinski definition) is 3. The Morgan fingerprint density at radius 3 is 2.47 bits per heavy atom. The Morgan fingerprint density at radius 1 is 1.35 bits per heavy atom. The maximum atomic E-state index is 11.9. The molecule has 17 heavy (non-hydrogen) atoms. The number of allylic oxidation sites excluding steroid dienone is 2. The summed E-state index contributed by atoms with van der Waals surface area (Å²) < 4.78 is 0. The van der Waals surface area contributed by atoms with Crippen LogP contribution >= 0.6 is 0 Å². The molecule has 0 aromatic heterocycles. The second-order valence-corrected chi connectivity index (χ2v) is 4.37. The topological polar surface area (TPSA) is 49.6 Å². The minimum atomic E-state index is 0.121. The van der Waals surface area contributed by atoms with Gasteiger partial charge in [-0.1, -0.05) is 13.2 Å². The predicted molar refractivity (Wildman–Crippen MR) is 70.3 cm³/mol. The molecule has 4 nitrogen and oxygen atoms in total. The van der Waals surface area contributed by atoms with Gasteiger partial charge >= 0.3 is 0 Å². The second kappa shape index (κ2) is 6.25. The standard InChI is InChI=1S/C13H21N3O/c1-4-12(14)9-11(2)10-13(17)16-7-5-15(3)6-8-16/h4,9H,1-2,5-8,10,14H2,3H3/b12-9+. The van der Waals surface area contributed by atoms with E-state index in [9.17, 15) is 4.79 Å². The van der Waals surface area contributed by atoms with E-state index >= 15 is 0 Å². The zero-order chi connectivity index (χ0) is 12.8. The van der Waals surface area contributed by atoms with Crippen molar-refractivity contribution in [2.24, 2.45) is 5.73 Å².